The number of aromatic nitrogens is 3. The van der Waals surface area contributed by atoms with Crippen LogP contribution in [0.25, 0.3) is 23.2 Å². The van der Waals surface area contributed by atoms with E-state index in [1.807, 2.05) is 42.5 Å². The zero-order valence-corrected chi connectivity index (χ0v) is 18.6. The number of hydrogen-bond donors (Lipinski definition) is 2. The largest absolute Gasteiger partial charge is 0.508 e. The van der Waals surface area contributed by atoms with Crippen molar-refractivity contribution in [1.29, 1.82) is 0 Å². The van der Waals surface area contributed by atoms with Crippen LogP contribution in [0.1, 0.15) is 11.1 Å². The SMILES string of the molecule is C(=Cc1cccc2n[nH]nc12)c1ccccc1.C=CC=C.Oc1ccccc1.[Na]. The predicted octanol–water partition coefficient (Wildman–Crippen LogP) is 5.50. The van der Waals surface area contributed by atoms with Gasteiger partial charge in [0.25, 0.3) is 0 Å². The van der Waals surface area contributed by atoms with E-state index >= 15 is 0 Å². The van der Waals surface area contributed by atoms with E-state index in [0.29, 0.717) is 5.75 Å². The van der Waals surface area contributed by atoms with Crippen molar-refractivity contribution < 1.29 is 5.11 Å². The van der Waals surface area contributed by atoms with Crippen molar-refractivity contribution in [1.82, 2.24) is 15.4 Å². The van der Waals surface area contributed by atoms with E-state index in [1.54, 1.807) is 36.4 Å². The quantitative estimate of drug-likeness (QED) is 0.275. The van der Waals surface area contributed by atoms with Crippen molar-refractivity contribution in [3.8, 4) is 5.75 Å². The molecule has 0 saturated heterocycles. The number of aromatic amines is 1. The molecule has 0 aliphatic heterocycles. The average molecular weight is 392 g/mol. The van der Waals surface area contributed by atoms with Gasteiger partial charge < -0.3 is 5.11 Å². The second-order valence-electron chi connectivity index (χ2n) is 5.59. The van der Waals surface area contributed by atoms with Crippen LogP contribution in [0.15, 0.2) is 104 Å². The summed E-state index contributed by atoms with van der Waals surface area (Å²) in [5, 5.41) is 19.5. The van der Waals surface area contributed by atoms with Crippen LogP contribution >= 0.6 is 0 Å². The van der Waals surface area contributed by atoms with Gasteiger partial charge in [0.05, 0.1) is 0 Å². The molecule has 141 valence electrons. The minimum atomic E-state index is 0. The standard InChI is InChI=1S/C14H11N3.C6H6O.C4H6.Na/c1-2-5-11(6-3-1)9-10-12-7-4-8-13-14(12)16-17-15-13;7-6-4-2-1-3-5-6;1-3-4-2;/h1-10H,(H,15,16,17);1-5,7H;3-4H,1-2H2;. The van der Waals surface area contributed by atoms with Crippen molar-refractivity contribution in [2.45, 2.75) is 0 Å². The van der Waals surface area contributed by atoms with Gasteiger partial charge in [-0.1, -0.05) is 98.1 Å². The topological polar surface area (TPSA) is 61.8 Å². The molecule has 0 bridgehead atoms. The summed E-state index contributed by atoms with van der Waals surface area (Å²) in [7, 11) is 0. The van der Waals surface area contributed by atoms with Crippen LogP contribution in [0.5, 0.6) is 5.75 Å². The number of phenols is 1. The van der Waals surface area contributed by atoms with Crippen molar-refractivity contribution in [3.63, 3.8) is 0 Å². The summed E-state index contributed by atoms with van der Waals surface area (Å²) < 4.78 is 0. The molecular formula is C24H23N3NaO. The second-order valence-corrected chi connectivity index (χ2v) is 5.59. The van der Waals surface area contributed by atoms with Crippen molar-refractivity contribution >= 4 is 52.7 Å². The molecule has 29 heavy (non-hydrogen) atoms. The Morgan fingerprint density at radius 1 is 0.724 bits per heavy atom. The number of rotatable bonds is 3. The summed E-state index contributed by atoms with van der Waals surface area (Å²) in [5.74, 6) is 0.322. The minimum absolute atomic E-state index is 0. The van der Waals surface area contributed by atoms with Gasteiger partial charge in [0, 0.05) is 35.1 Å². The minimum Gasteiger partial charge on any atom is -0.508 e. The second kappa shape index (κ2) is 14.1. The molecule has 4 nitrogen and oxygen atoms in total. The van der Waals surface area contributed by atoms with E-state index in [2.05, 4.69) is 52.9 Å². The number of allylic oxidation sites excluding steroid dienone is 2. The fourth-order valence-corrected chi connectivity index (χ4v) is 2.20. The van der Waals surface area contributed by atoms with Crippen LogP contribution in [-0.4, -0.2) is 50.1 Å². The third-order valence-corrected chi connectivity index (χ3v) is 3.56. The third-order valence-electron chi connectivity index (χ3n) is 3.56. The predicted molar refractivity (Wildman–Crippen MR) is 124 cm³/mol. The molecule has 0 spiro atoms. The van der Waals surface area contributed by atoms with Crippen molar-refractivity contribution in [3.05, 3.63) is 115 Å². The first-order valence-electron chi connectivity index (χ1n) is 8.74. The average Bonchev–Trinajstić information content (AvgIpc) is 3.24. The maximum absolute atomic E-state index is 8.63. The Bertz CT molecular complexity index is 1010. The number of nitrogens with zero attached hydrogens (tertiary/aromatic N) is 2. The summed E-state index contributed by atoms with van der Waals surface area (Å²) >= 11 is 0. The van der Waals surface area contributed by atoms with E-state index < -0.39 is 0 Å². The summed E-state index contributed by atoms with van der Waals surface area (Å²) in [6.45, 7) is 6.72. The molecule has 0 aliphatic carbocycles. The molecule has 4 aromatic rings. The van der Waals surface area contributed by atoms with Crippen LogP contribution in [-0.2, 0) is 0 Å². The number of H-pyrrole nitrogens is 1. The van der Waals surface area contributed by atoms with Gasteiger partial charge >= 0.3 is 0 Å². The number of phenolic OH excluding ortho intramolecular Hbond substituents is 1. The van der Waals surface area contributed by atoms with Gasteiger partial charge in [-0.15, -0.1) is 0 Å². The molecule has 3 aromatic carbocycles. The monoisotopic (exact) mass is 392 g/mol. The zero-order valence-electron chi connectivity index (χ0n) is 16.6. The number of fused-ring (bicyclic) bond motifs is 1. The van der Waals surface area contributed by atoms with E-state index in [-0.39, 0.29) is 29.6 Å². The number of nitrogens with one attached hydrogen (secondary N) is 1. The molecule has 0 saturated carbocycles. The molecule has 0 aliphatic rings. The molecule has 5 heteroatoms. The van der Waals surface area contributed by atoms with Gasteiger partial charge in [0.15, 0.2) is 0 Å². The zero-order chi connectivity index (χ0) is 20.0. The Morgan fingerprint density at radius 2 is 1.34 bits per heavy atom. The molecule has 0 fully saturated rings. The fraction of sp³-hybridized carbons (Fsp3) is 0. The van der Waals surface area contributed by atoms with Gasteiger partial charge in [-0.25, -0.2) is 0 Å². The Balaban J connectivity index is 0.000000293. The summed E-state index contributed by atoms with van der Waals surface area (Å²) in [5.41, 5.74) is 4.04. The van der Waals surface area contributed by atoms with Crippen molar-refractivity contribution in [2.75, 3.05) is 0 Å². The molecular weight excluding hydrogens is 369 g/mol. The van der Waals surface area contributed by atoms with Gasteiger partial charge in [-0.05, 0) is 23.8 Å². The first-order chi connectivity index (χ1) is 13.7. The van der Waals surface area contributed by atoms with Gasteiger partial charge in [0.2, 0.25) is 0 Å². The number of benzene rings is 3. The molecule has 0 amide bonds. The summed E-state index contributed by atoms with van der Waals surface area (Å²) in [4.78, 5) is 0. The van der Waals surface area contributed by atoms with Crippen molar-refractivity contribution in [2.24, 2.45) is 0 Å². The number of para-hydroxylation sites is 2. The Morgan fingerprint density at radius 3 is 1.90 bits per heavy atom. The van der Waals surface area contributed by atoms with E-state index in [1.165, 1.54) is 5.56 Å². The first kappa shape index (κ1) is 24.1. The van der Waals surface area contributed by atoms with Crippen LogP contribution in [0.3, 0.4) is 0 Å². The van der Waals surface area contributed by atoms with Crippen LogP contribution in [0.4, 0.5) is 0 Å². The van der Waals surface area contributed by atoms with Gasteiger partial charge in [-0.3, -0.25) is 0 Å². The van der Waals surface area contributed by atoms with E-state index in [4.69, 9.17) is 5.11 Å². The Labute approximate surface area is 193 Å². The van der Waals surface area contributed by atoms with Gasteiger partial charge in [-0.2, -0.15) is 15.4 Å². The third kappa shape index (κ3) is 8.75. The van der Waals surface area contributed by atoms with Crippen LogP contribution in [0, 0.1) is 0 Å². The molecule has 2 N–H and O–H groups in total. The maximum Gasteiger partial charge on any atom is 0.120 e. The molecule has 1 heterocycles. The molecule has 4 rings (SSSR count). The smallest absolute Gasteiger partial charge is 0.120 e. The Kier molecular flexibility index (Phi) is 11.8. The molecule has 1 aromatic heterocycles. The Hall–Kier alpha value is -2.92. The fourth-order valence-electron chi connectivity index (χ4n) is 2.20. The number of hydrogen-bond acceptors (Lipinski definition) is 3. The summed E-state index contributed by atoms with van der Waals surface area (Å²) in [6.07, 6.45) is 7.41. The van der Waals surface area contributed by atoms with E-state index in [0.717, 1.165) is 16.6 Å². The van der Waals surface area contributed by atoms with Gasteiger partial charge in [0.1, 0.15) is 16.8 Å². The molecule has 0 unspecified atom stereocenters. The normalized spacial score (nSPS) is 9.38. The maximum atomic E-state index is 8.63. The first-order valence-corrected chi connectivity index (χ1v) is 8.74. The van der Waals surface area contributed by atoms with Crippen LogP contribution < -0.4 is 0 Å². The van der Waals surface area contributed by atoms with Crippen LogP contribution in [0.2, 0.25) is 0 Å². The molecule has 1 radical (unpaired) electrons. The number of aromatic hydroxyl groups is 1. The molecule has 0 atom stereocenters. The van der Waals surface area contributed by atoms with E-state index in [9.17, 15) is 0 Å². The summed E-state index contributed by atoms with van der Waals surface area (Å²) in [6, 6.07) is 24.9.